The average molecular weight is 323 g/mol. The monoisotopic (exact) mass is 323 g/mol. The zero-order valence-corrected chi connectivity index (χ0v) is 12.8. The lowest BCUT2D eigenvalue weighted by Gasteiger charge is -2.26. The van der Waals surface area contributed by atoms with Crippen molar-refractivity contribution in [2.45, 2.75) is 0 Å². The fourth-order valence-corrected chi connectivity index (χ4v) is 2.72. The van der Waals surface area contributed by atoms with Crippen LogP contribution in [0.1, 0.15) is 20.7 Å². The van der Waals surface area contributed by atoms with Crippen molar-refractivity contribution in [2.75, 3.05) is 30.6 Å². The third-order valence-electron chi connectivity index (χ3n) is 3.01. The van der Waals surface area contributed by atoms with Gasteiger partial charge in [0.2, 0.25) is 11.8 Å². The number of carbonyl (C=O) groups excluding carboxylic acids is 4. The lowest BCUT2D eigenvalue weighted by molar-refractivity contribution is -0.124. The number of hydrogen-bond acceptors (Lipinski definition) is 7. The van der Waals surface area contributed by atoms with Gasteiger partial charge in [0.05, 0.1) is 42.5 Å². The van der Waals surface area contributed by atoms with E-state index in [9.17, 15) is 19.2 Å². The summed E-state index contributed by atoms with van der Waals surface area (Å²) in [6.45, 7) is 0. The third kappa shape index (κ3) is 2.96. The molecular weight excluding hydrogens is 310 g/mol. The van der Waals surface area contributed by atoms with Crippen molar-refractivity contribution in [3.63, 3.8) is 0 Å². The molecule has 0 spiro atoms. The number of nitrogens with zero attached hydrogens (tertiary/aromatic N) is 1. The highest BCUT2D eigenvalue weighted by Gasteiger charge is 2.31. The van der Waals surface area contributed by atoms with Crippen LogP contribution in [-0.2, 0) is 19.1 Å². The van der Waals surface area contributed by atoms with E-state index >= 15 is 0 Å². The summed E-state index contributed by atoms with van der Waals surface area (Å²) >= 11 is 1.20. The van der Waals surface area contributed by atoms with Gasteiger partial charge >= 0.3 is 11.9 Å². The molecule has 116 valence electrons. The second-order valence-electron chi connectivity index (χ2n) is 4.33. The van der Waals surface area contributed by atoms with E-state index in [-0.39, 0.29) is 28.3 Å². The Kier molecular flexibility index (Phi) is 4.81. The molecular formula is C14H13NO6S. The first-order valence-electron chi connectivity index (χ1n) is 6.23. The topological polar surface area (TPSA) is 90.0 Å². The van der Waals surface area contributed by atoms with E-state index in [1.807, 2.05) is 0 Å². The first kappa shape index (κ1) is 16.0. The molecule has 0 N–H and O–H groups in total. The van der Waals surface area contributed by atoms with Crippen molar-refractivity contribution in [1.82, 2.24) is 0 Å². The SMILES string of the molecule is COC(=O)c1ccc(C(=O)OC)c(N2C(=O)CSCC2=O)c1. The molecule has 8 heteroatoms. The quantitative estimate of drug-likeness (QED) is 0.602. The Morgan fingerprint density at radius 1 is 1.05 bits per heavy atom. The summed E-state index contributed by atoms with van der Waals surface area (Å²) in [7, 11) is 2.40. The minimum Gasteiger partial charge on any atom is -0.465 e. The highest BCUT2D eigenvalue weighted by Crippen LogP contribution is 2.27. The van der Waals surface area contributed by atoms with Gasteiger partial charge in [-0.3, -0.25) is 9.59 Å². The molecule has 0 aromatic heterocycles. The molecule has 1 fully saturated rings. The van der Waals surface area contributed by atoms with Crippen LogP contribution in [0, 0.1) is 0 Å². The van der Waals surface area contributed by atoms with E-state index in [0.29, 0.717) is 0 Å². The first-order valence-corrected chi connectivity index (χ1v) is 7.39. The maximum Gasteiger partial charge on any atom is 0.339 e. The van der Waals surface area contributed by atoms with E-state index < -0.39 is 23.8 Å². The van der Waals surface area contributed by atoms with Crippen LogP contribution in [0.5, 0.6) is 0 Å². The first-order chi connectivity index (χ1) is 10.5. The Labute approximate surface area is 130 Å². The van der Waals surface area contributed by atoms with Crippen molar-refractivity contribution < 1.29 is 28.7 Å². The van der Waals surface area contributed by atoms with Crippen LogP contribution in [0.25, 0.3) is 0 Å². The molecule has 0 bridgehead atoms. The second-order valence-corrected chi connectivity index (χ2v) is 5.32. The van der Waals surface area contributed by atoms with Gasteiger partial charge in [0.15, 0.2) is 0 Å². The van der Waals surface area contributed by atoms with Crippen molar-refractivity contribution >= 4 is 41.2 Å². The zero-order chi connectivity index (χ0) is 16.3. The second kappa shape index (κ2) is 6.61. The highest BCUT2D eigenvalue weighted by atomic mass is 32.2. The molecule has 1 aromatic carbocycles. The number of anilines is 1. The normalized spacial score (nSPS) is 14.7. The van der Waals surface area contributed by atoms with Gasteiger partial charge in [-0.2, -0.15) is 0 Å². The number of thioether (sulfide) groups is 1. The smallest absolute Gasteiger partial charge is 0.339 e. The minimum absolute atomic E-state index is 0.0313. The number of ether oxygens (including phenoxy) is 2. The fourth-order valence-electron chi connectivity index (χ4n) is 2.01. The van der Waals surface area contributed by atoms with Crippen LogP contribution < -0.4 is 4.90 Å². The molecule has 0 unspecified atom stereocenters. The minimum atomic E-state index is -0.703. The van der Waals surface area contributed by atoms with E-state index in [1.54, 1.807) is 0 Å². The molecule has 1 aromatic rings. The lowest BCUT2D eigenvalue weighted by Crippen LogP contribution is -2.44. The third-order valence-corrected chi connectivity index (χ3v) is 3.92. The summed E-state index contributed by atoms with van der Waals surface area (Å²) in [6, 6.07) is 3.98. The van der Waals surface area contributed by atoms with Crippen LogP contribution in [0.15, 0.2) is 18.2 Å². The number of hydrogen-bond donors (Lipinski definition) is 0. The Hall–Kier alpha value is -2.35. The molecule has 1 aliphatic rings. The number of amides is 2. The summed E-state index contributed by atoms with van der Waals surface area (Å²) in [4.78, 5) is 48.5. The Balaban J connectivity index is 2.58. The summed E-state index contributed by atoms with van der Waals surface area (Å²) < 4.78 is 9.27. The van der Waals surface area contributed by atoms with E-state index in [0.717, 1.165) is 4.90 Å². The van der Waals surface area contributed by atoms with Gasteiger partial charge in [-0.25, -0.2) is 14.5 Å². The molecule has 2 amide bonds. The predicted molar refractivity (Wildman–Crippen MR) is 78.9 cm³/mol. The molecule has 0 aliphatic carbocycles. The summed E-state index contributed by atoms with van der Waals surface area (Å²) in [6.07, 6.45) is 0. The Bertz CT molecular complexity index is 641. The molecule has 1 heterocycles. The maximum atomic E-state index is 12.0. The van der Waals surface area contributed by atoms with Crippen molar-refractivity contribution in [2.24, 2.45) is 0 Å². The molecule has 0 saturated carbocycles. The Morgan fingerprint density at radius 2 is 1.64 bits per heavy atom. The molecule has 2 rings (SSSR count). The van der Waals surface area contributed by atoms with E-state index in [2.05, 4.69) is 9.47 Å². The number of benzene rings is 1. The highest BCUT2D eigenvalue weighted by molar-refractivity contribution is 8.00. The molecule has 0 radical (unpaired) electrons. The number of methoxy groups -OCH3 is 2. The number of carbonyl (C=O) groups is 4. The lowest BCUT2D eigenvalue weighted by atomic mass is 10.1. The van der Waals surface area contributed by atoms with E-state index in [1.165, 1.54) is 44.2 Å². The summed E-state index contributed by atoms with van der Waals surface area (Å²) in [5.41, 5.74) is 0.192. The Morgan fingerprint density at radius 3 is 2.18 bits per heavy atom. The van der Waals surface area contributed by atoms with Crippen LogP contribution in [0.3, 0.4) is 0 Å². The van der Waals surface area contributed by atoms with Crippen LogP contribution in [0.2, 0.25) is 0 Å². The van der Waals surface area contributed by atoms with Gasteiger partial charge in [-0.1, -0.05) is 0 Å². The predicted octanol–water partition coefficient (Wildman–Crippen LogP) is 0.866. The largest absolute Gasteiger partial charge is 0.465 e. The van der Waals surface area contributed by atoms with Crippen molar-refractivity contribution in [1.29, 1.82) is 0 Å². The fraction of sp³-hybridized carbons (Fsp3) is 0.286. The molecule has 0 atom stereocenters. The average Bonchev–Trinajstić information content (AvgIpc) is 2.53. The van der Waals surface area contributed by atoms with Crippen LogP contribution >= 0.6 is 11.8 Å². The molecule has 22 heavy (non-hydrogen) atoms. The number of esters is 2. The zero-order valence-electron chi connectivity index (χ0n) is 12.0. The molecule has 7 nitrogen and oxygen atoms in total. The van der Waals surface area contributed by atoms with Gasteiger partial charge in [-0.05, 0) is 18.2 Å². The van der Waals surface area contributed by atoms with Gasteiger partial charge in [0.25, 0.3) is 0 Å². The maximum absolute atomic E-state index is 12.0. The standard InChI is InChI=1S/C14H13NO6S/c1-20-13(18)8-3-4-9(14(19)21-2)10(5-8)15-11(16)6-22-7-12(15)17/h3-5H,6-7H2,1-2H3. The van der Waals surface area contributed by atoms with Crippen molar-refractivity contribution in [3.8, 4) is 0 Å². The number of rotatable bonds is 3. The van der Waals surface area contributed by atoms with Crippen LogP contribution in [-0.4, -0.2) is 49.5 Å². The van der Waals surface area contributed by atoms with Crippen LogP contribution in [0.4, 0.5) is 5.69 Å². The summed E-state index contributed by atoms with van der Waals surface area (Å²) in [5, 5.41) is 0. The van der Waals surface area contributed by atoms with Gasteiger partial charge in [-0.15, -0.1) is 11.8 Å². The van der Waals surface area contributed by atoms with E-state index in [4.69, 9.17) is 0 Å². The summed E-state index contributed by atoms with van der Waals surface area (Å²) in [5.74, 6) is -2.00. The number of imide groups is 1. The molecule has 1 aliphatic heterocycles. The van der Waals surface area contributed by atoms with Crippen molar-refractivity contribution in [3.05, 3.63) is 29.3 Å². The van der Waals surface area contributed by atoms with Gasteiger partial charge in [0.1, 0.15) is 0 Å². The van der Waals surface area contributed by atoms with Gasteiger partial charge in [0, 0.05) is 0 Å². The molecule has 1 saturated heterocycles. The van der Waals surface area contributed by atoms with Gasteiger partial charge < -0.3 is 9.47 Å².